The Kier molecular flexibility index (Phi) is 4.57. The highest BCUT2D eigenvalue weighted by Crippen LogP contribution is 2.16. The maximum atomic E-state index is 12.2. The van der Waals surface area contributed by atoms with Crippen molar-refractivity contribution < 1.29 is 22.6 Å². The molecular weight excluding hydrogens is 306 g/mol. The molecule has 2 aromatic carbocycles. The second kappa shape index (κ2) is 6.40. The number of rotatable bonds is 4. The lowest BCUT2D eigenvalue weighted by Crippen LogP contribution is -2.11. The minimum atomic E-state index is -4.08. The molecule has 0 radical (unpaired) electrons. The first-order valence-electron chi connectivity index (χ1n) is 6.27. The van der Waals surface area contributed by atoms with Crippen LogP contribution in [-0.2, 0) is 14.3 Å². The Labute approximate surface area is 127 Å². The Balaban J connectivity index is 2.26. The molecule has 2 aromatic rings. The van der Waals surface area contributed by atoms with Crippen LogP contribution < -0.4 is 0 Å². The van der Waals surface area contributed by atoms with Gasteiger partial charge in [-0.3, -0.25) is 4.79 Å². The van der Waals surface area contributed by atoms with Crippen molar-refractivity contribution in [3.63, 3.8) is 0 Å². The fraction of sp³-hybridized carbons (Fsp3) is 0.0667. The molecule has 0 heterocycles. The Bertz CT molecular complexity index is 796. The van der Waals surface area contributed by atoms with Crippen molar-refractivity contribution in [3.8, 4) is 0 Å². The third-order valence-corrected chi connectivity index (χ3v) is 4.12. The summed E-state index contributed by atoms with van der Waals surface area (Å²) in [6.07, 6.45) is 0. The number of oxime groups is 1. The molecule has 6 nitrogen and oxygen atoms in total. The number of hydrogen-bond acceptors (Lipinski definition) is 6. The molecule has 0 aliphatic carbocycles. The number of benzene rings is 2. The first-order valence-corrected chi connectivity index (χ1v) is 7.68. The van der Waals surface area contributed by atoms with Crippen molar-refractivity contribution in [1.82, 2.24) is 0 Å². The molecule has 22 heavy (non-hydrogen) atoms. The predicted octanol–water partition coefficient (Wildman–Crippen LogP) is 2.43. The molecule has 0 fully saturated rings. The summed E-state index contributed by atoms with van der Waals surface area (Å²) in [6, 6.07) is 14.0. The van der Waals surface area contributed by atoms with Gasteiger partial charge in [0.2, 0.25) is 5.90 Å². The highest BCUT2D eigenvalue weighted by Gasteiger charge is 2.18. The van der Waals surface area contributed by atoms with Crippen LogP contribution in [-0.4, -0.2) is 25.3 Å². The second-order valence-electron chi connectivity index (χ2n) is 4.38. The molecule has 0 aromatic heterocycles. The van der Waals surface area contributed by atoms with E-state index >= 15 is 0 Å². The molecule has 7 heteroatoms. The van der Waals surface area contributed by atoms with E-state index in [-0.39, 0.29) is 10.7 Å². The van der Waals surface area contributed by atoms with Crippen molar-refractivity contribution in [2.45, 2.75) is 11.8 Å². The normalized spacial score (nSPS) is 12.0. The maximum absolute atomic E-state index is 12.2. The smallest absolute Gasteiger partial charge is 0.340 e. The first-order chi connectivity index (χ1) is 10.4. The molecule has 0 amide bonds. The fourth-order valence-corrected chi connectivity index (χ4v) is 2.67. The van der Waals surface area contributed by atoms with E-state index in [1.807, 2.05) is 0 Å². The Hall–Kier alpha value is -2.67. The van der Waals surface area contributed by atoms with Gasteiger partial charge in [0, 0.05) is 18.1 Å². The number of hydrogen-bond donors (Lipinski definition) is 1. The van der Waals surface area contributed by atoms with Gasteiger partial charge < -0.3 is 9.39 Å². The highest BCUT2D eigenvalue weighted by molar-refractivity contribution is 7.87. The van der Waals surface area contributed by atoms with E-state index < -0.39 is 16.0 Å². The van der Waals surface area contributed by atoms with Crippen LogP contribution in [0.25, 0.3) is 0 Å². The molecular formula is C15H13NO5S. The van der Waals surface area contributed by atoms with Crippen LogP contribution in [0.3, 0.4) is 0 Å². The van der Waals surface area contributed by atoms with Gasteiger partial charge >= 0.3 is 10.1 Å². The van der Waals surface area contributed by atoms with Crippen LogP contribution in [0, 0.1) is 0 Å². The summed E-state index contributed by atoms with van der Waals surface area (Å²) in [5.74, 6) is -0.608. The average molecular weight is 319 g/mol. The van der Waals surface area contributed by atoms with Crippen LogP contribution in [0.5, 0.6) is 0 Å². The summed E-state index contributed by atoms with van der Waals surface area (Å²) >= 11 is 0. The van der Waals surface area contributed by atoms with E-state index in [1.54, 1.807) is 30.3 Å². The third-order valence-electron chi connectivity index (χ3n) is 2.81. The molecule has 2 rings (SSSR count). The van der Waals surface area contributed by atoms with Crippen LogP contribution in [0.4, 0.5) is 0 Å². The molecule has 0 unspecified atom stereocenters. The standard InChI is InChI=1S/C15H13NO5S/c1-11(16-18)21-22(19,20)14-9-7-13(8-10-14)15(17)12-5-3-2-4-6-12/h2-10,18H,1H3. The molecule has 114 valence electrons. The van der Waals surface area contributed by atoms with E-state index in [9.17, 15) is 13.2 Å². The molecule has 0 spiro atoms. The molecule has 0 bridgehead atoms. The van der Waals surface area contributed by atoms with Gasteiger partial charge in [0.05, 0.1) is 0 Å². The van der Waals surface area contributed by atoms with Gasteiger partial charge in [-0.05, 0) is 24.3 Å². The summed E-state index contributed by atoms with van der Waals surface area (Å²) in [6.45, 7) is 1.20. The molecule has 0 saturated carbocycles. The van der Waals surface area contributed by atoms with Crippen LogP contribution in [0.1, 0.15) is 22.8 Å². The van der Waals surface area contributed by atoms with Gasteiger partial charge in [0.15, 0.2) is 5.78 Å². The highest BCUT2D eigenvalue weighted by atomic mass is 32.2. The topological polar surface area (TPSA) is 93.0 Å². The number of carbonyl (C=O) groups is 1. The van der Waals surface area contributed by atoms with Gasteiger partial charge in [-0.25, -0.2) is 0 Å². The van der Waals surface area contributed by atoms with Gasteiger partial charge in [-0.1, -0.05) is 35.5 Å². The van der Waals surface area contributed by atoms with Crippen LogP contribution in [0.2, 0.25) is 0 Å². The van der Waals surface area contributed by atoms with Crippen molar-refractivity contribution >= 4 is 21.8 Å². The van der Waals surface area contributed by atoms with E-state index in [0.29, 0.717) is 11.1 Å². The molecule has 0 atom stereocenters. The Morgan fingerprint density at radius 3 is 2.09 bits per heavy atom. The van der Waals surface area contributed by atoms with Crippen LogP contribution in [0.15, 0.2) is 64.6 Å². The lowest BCUT2D eigenvalue weighted by molar-refractivity contribution is 0.103. The average Bonchev–Trinajstić information content (AvgIpc) is 2.54. The summed E-state index contributed by atoms with van der Waals surface area (Å²) in [5.41, 5.74) is 0.871. The number of ketones is 1. The number of carbonyl (C=O) groups excluding carboxylic acids is 1. The molecule has 0 saturated heterocycles. The zero-order valence-electron chi connectivity index (χ0n) is 11.6. The lowest BCUT2D eigenvalue weighted by atomic mass is 10.0. The van der Waals surface area contributed by atoms with Crippen molar-refractivity contribution in [3.05, 3.63) is 65.7 Å². The van der Waals surface area contributed by atoms with Crippen molar-refractivity contribution in [2.24, 2.45) is 5.16 Å². The zero-order chi connectivity index (χ0) is 16.2. The minimum absolute atomic E-state index is 0.139. The van der Waals surface area contributed by atoms with Gasteiger partial charge in [-0.2, -0.15) is 8.42 Å². The molecule has 0 aliphatic rings. The van der Waals surface area contributed by atoms with Gasteiger partial charge in [-0.15, -0.1) is 0 Å². The maximum Gasteiger partial charge on any atom is 0.340 e. The summed E-state index contributed by atoms with van der Waals surface area (Å²) in [4.78, 5) is 12.1. The zero-order valence-corrected chi connectivity index (χ0v) is 12.4. The third kappa shape index (κ3) is 3.50. The first kappa shape index (κ1) is 15.7. The Morgan fingerprint density at radius 2 is 1.55 bits per heavy atom. The van der Waals surface area contributed by atoms with Gasteiger partial charge in [0.1, 0.15) is 4.90 Å². The second-order valence-corrected chi connectivity index (χ2v) is 5.92. The Morgan fingerprint density at radius 1 is 1.00 bits per heavy atom. The number of nitrogens with zero attached hydrogens (tertiary/aromatic N) is 1. The van der Waals surface area contributed by atoms with Crippen molar-refractivity contribution in [2.75, 3.05) is 0 Å². The lowest BCUT2D eigenvalue weighted by Gasteiger charge is -2.06. The fourth-order valence-electron chi connectivity index (χ4n) is 1.75. The van der Waals surface area contributed by atoms with Crippen molar-refractivity contribution in [1.29, 1.82) is 0 Å². The van der Waals surface area contributed by atoms with Gasteiger partial charge in [0.25, 0.3) is 0 Å². The van der Waals surface area contributed by atoms with Crippen LogP contribution >= 0.6 is 0 Å². The van der Waals surface area contributed by atoms with E-state index in [1.165, 1.54) is 31.2 Å². The molecule has 0 aliphatic heterocycles. The van der Waals surface area contributed by atoms with E-state index in [2.05, 4.69) is 9.34 Å². The largest absolute Gasteiger partial charge is 0.408 e. The summed E-state index contributed by atoms with van der Waals surface area (Å²) < 4.78 is 28.3. The monoisotopic (exact) mass is 319 g/mol. The minimum Gasteiger partial charge on any atom is -0.408 e. The predicted molar refractivity (Wildman–Crippen MR) is 79.5 cm³/mol. The summed E-state index contributed by atoms with van der Waals surface area (Å²) in [7, 11) is -4.08. The quantitative estimate of drug-likeness (QED) is 0.233. The SMILES string of the molecule is CC(=NO)OS(=O)(=O)c1ccc(C(=O)c2ccccc2)cc1. The molecule has 1 N–H and O–H groups in total. The van der Waals surface area contributed by atoms with E-state index in [4.69, 9.17) is 5.21 Å². The summed E-state index contributed by atoms with van der Waals surface area (Å²) in [5, 5.41) is 11.1. The van der Waals surface area contributed by atoms with E-state index in [0.717, 1.165) is 0 Å².